The van der Waals surface area contributed by atoms with Gasteiger partial charge in [-0.15, -0.1) is 0 Å². The fourth-order valence-electron chi connectivity index (χ4n) is 1.39. The van der Waals surface area contributed by atoms with Gasteiger partial charge in [-0.05, 0) is 25.5 Å². The van der Waals surface area contributed by atoms with Crippen LogP contribution >= 0.6 is 0 Å². The second kappa shape index (κ2) is 5.95. The first-order chi connectivity index (χ1) is 8.81. The summed E-state index contributed by atoms with van der Waals surface area (Å²) in [5.41, 5.74) is 1.97. The van der Waals surface area contributed by atoms with E-state index in [2.05, 4.69) is 10.1 Å². The summed E-state index contributed by atoms with van der Waals surface area (Å²) >= 11 is 0. The van der Waals surface area contributed by atoms with Crippen molar-refractivity contribution in [2.75, 3.05) is 5.43 Å². The monoisotopic (exact) mass is 288 g/mol. The molecule has 1 atom stereocenters. The van der Waals surface area contributed by atoms with Crippen LogP contribution in [0.1, 0.15) is 20.3 Å². The Bertz CT molecular complexity index is 573. The Hall–Kier alpha value is -1.71. The highest BCUT2D eigenvalue weighted by Crippen LogP contribution is 2.27. The summed E-state index contributed by atoms with van der Waals surface area (Å²) < 4.78 is 26.5. The summed E-state index contributed by atoms with van der Waals surface area (Å²) in [6, 6.07) is 3.28. The Labute approximate surface area is 111 Å². The molecular weight excluding hydrogens is 272 g/mol. The van der Waals surface area contributed by atoms with Gasteiger partial charge in [0, 0.05) is 12.1 Å². The molecule has 0 aromatic heterocycles. The number of sulfonamides is 1. The summed E-state index contributed by atoms with van der Waals surface area (Å²) in [4.78, 5) is 9.80. The van der Waals surface area contributed by atoms with E-state index in [1.165, 1.54) is 6.07 Å². The highest BCUT2D eigenvalue weighted by atomic mass is 32.2. The van der Waals surface area contributed by atoms with Crippen molar-refractivity contribution in [2.45, 2.75) is 31.2 Å². The van der Waals surface area contributed by atoms with Gasteiger partial charge in [0.05, 0.1) is 10.6 Å². The maximum Gasteiger partial charge on any atom is 0.291 e. The van der Waals surface area contributed by atoms with Crippen LogP contribution in [0.5, 0.6) is 0 Å². The van der Waals surface area contributed by atoms with Crippen molar-refractivity contribution in [3.63, 3.8) is 0 Å². The van der Waals surface area contributed by atoms with E-state index in [0.29, 0.717) is 6.42 Å². The lowest BCUT2D eigenvalue weighted by Gasteiger charge is -2.12. The maximum absolute atomic E-state index is 12.1. The molecule has 1 rings (SSSR count). The number of nitrogens with one attached hydrogen (secondary N) is 2. The lowest BCUT2D eigenvalue weighted by Crippen LogP contribution is -2.32. The molecule has 0 saturated carbocycles. The summed E-state index contributed by atoms with van der Waals surface area (Å²) in [5.74, 6) is 5.14. The number of nitro groups is 1. The van der Waals surface area contributed by atoms with E-state index in [4.69, 9.17) is 5.84 Å². The van der Waals surface area contributed by atoms with Gasteiger partial charge in [0.1, 0.15) is 0 Å². The molecule has 0 heterocycles. The Morgan fingerprint density at radius 1 is 1.47 bits per heavy atom. The van der Waals surface area contributed by atoms with Gasteiger partial charge in [-0.3, -0.25) is 16.0 Å². The number of nitro benzene ring substituents is 1. The topological polar surface area (TPSA) is 127 Å². The van der Waals surface area contributed by atoms with E-state index < -0.39 is 20.6 Å². The van der Waals surface area contributed by atoms with Crippen LogP contribution in [-0.4, -0.2) is 19.4 Å². The number of benzene rings is 1. The molecule has 1 aromatic carbocycles. The molecule has 106 valence electrons. The van der Waals surface area contributed by atoms with Gasteiger partial charge in [0.2, 0.25) is 10.0 Å². The fourth-order valence-corrected chi connectivity index (χ4v) is 2.87. The zero-order chi connectivity index (χ0) is 14.6. The molecule has 0 bridgehead atoms. The van der Waals surface area contributed by atoms with Crippen LogP contribution in [0, 0.1) is 10.1 Å². The van der Waals surface area contributed by atoms with Crippen molar-refractivity contribution in [1.29, 1.82) is 0 Å². The van der Waals surface area contributed by atoms with Crippen molar-refractivity contribution in [3.05, 3.63) is 28.3 Å². The second-order valence-electron chi connectivity index (χ2n) is 4.01. The molecule has 0 aliphatic rings. The lowest BCUT2D eigenvalue weighted by atomic mass is 10.3. The first-order valence-corrected chi connectivity index (χ1v) is 7.07. The van der Waals surface area contributed by atoms with Crippen LogP contribution in [0.15, 0.2) is 23.1 Å². The van der Waals surface area contributed by atoms with Gasteiger partial charge in [-0.2, -0.15) is 0 Å². The summed E-state index contributed by atoms with van der Waals surface area (Å²) in [6.45, 7) is 3.49. The standard InChI is InChI=1S/C10H16N4O4S/c1-3-7(2)13-19(17,18)10-5-4-8(12-11)6-9(10)14(15)16/h4-7,12-13H,3,11H2,1-2H3. The molecule has 0 aliphatic carbocycles. The van der Waals surface area contributed by atoms with Gasteiger partial charge < -0.3 is 5.43 Å². The third kappa shape index (κ3) is 3.63. The highest BCUT2D eigenvalue weighted by Gasteiger charge is 2.27. The normalized spacial score (nSPS) is 13.0. The number of rotatable bonds is 6. The summed E-state index contributed by atoms with van der Waals surface area (Å²) in [6.07, 6.45) is 0.579. The van der Waals surface area contributed by atoms with E-state index in [9.17, 15) is 18.5 Å². The van der Waals surface area contributed by atoms with Crippen molar-refractivity contribution in [2.24, 2.45) is 5.84 Å². The first kappa shape index (κ1) is 15.3. The number of nitrogen functional groups attached to an aromatic ring is 1. The van der Waals surface area contributed by atoms with Gasteiger partial charge in [0.15, 0.2) is 4.90 Å². The van der Waals surface area contributed by atoms with Crippen molar-refractivity contribution in [1.82, 2.24) is 4.72 Å². The Morgan fingerprint density at radius 3 is 2.58 bits per heavy atom. The number of nitrogens with two attached hydrogens (primary N) is 1. The van der Waals surface area contributed by atoms with Gasteiger partial charge in [0.25, 0.3) is 5.69 Å². The van der Waals surface area contributed by atoms with Crippen molar-refractivity contribution >= 4 is 21.4 Å². The average Bonchev–Trinajstić information content (AvgIpc) is 2.37. The molecule has 4 N–H and O–H groups in total. The number of hydrogen-bond donors (Lipinski definition) is 3. The van der Waals surface area contributed by atoms with Crippen LogP contribution in [0.3, 0.4) is 0 Å². The van der Waals surface area contributed by atoms with Crippen LogP contribution in [0.4, 0.5) is 11.4 Å². The minimum atomic E-state index is -3.93. The molecule has 1 aromatic rings. The molecule has 0 amide bonds. The Balaban J connectivity index is 3.30. The first-order valence-electron chi connectivity index (χ1n) is 5.59. The fraction of sp³-hybridized carbons (Fsp3) is 0.400. The molecule has 0 saturated heterocycles. The quantitative estimate of drug-likeness (QED) is 0.406. The molecule has 0 spiro atoms. The SMILES string of the molecule is CCC(C)NS(=O)(=O)c1ccc(NN)cc1[N+](=O)[O-]. The van der Waals surface area contributed by atoms with Crippen molar-refractivity contribution < 1.29 is 13.3 Å². The molecular formula is C10H16N4O4S. The average molecular weight is 288 g/mol. The van der Waals surface area contributed by atoms with Crippen LogP contribution in [-0.2, 0) is 10.0 Å². The smallest absolute Gasteiger partial charge is 0.291 e. The zero-order valence-corrected chi connectivity index (χ0v) is 11.4. The van der Waals surface area contributed by atoms with E-state index >= 15 is 0 Å². The van der Waals surface area contributed by atoms with Crippen molar-refractivity contribution in [3.8, 4) is 0 Å². The number of hydrazine groups is 1. The molecule has 0 radical (unpaired) electrons. The van der Waals surface area contributed by atoms with Gasteiger partial charge in [-0.25, -0.2) is 13.1 Å². The molecule has 0 fully saturated rings. The highest BCUT2D eigenvalue weighted by molar-refractivity contribution is 7.89. The minimum absolute atomic E-state index is 0.259. The van der Waals surface area contributed by atoms with Gasteiger partial charge in [-0.1, -0.05) is 6.92 Å². The van der Waals surface area contributed by atoms with E-state index in [-0.39, 0.29) is 16.6 Å². The van der Waals surface area contributed by atoms with E-state index in [1.54, 1.807) is 6.92 Å². The number of anilines is 1. The summed E-state index contributed by atoms with van der Waals surface area (Å²) in [5, 5.41) is 10.9. The van der Waals surface area contributed by atoms with Crippen LogP contribution < -0.4 is 16.0 Å². The molecule has 1 unspecified atom stereocenters. The minimum Gasteiger partial charge on any atom is -0.324 e. The largest absolute Gasteiger partial charge is 0.324 e. The third-order valence-electron chi connectivity index (χ3n) is 2.58. The number of nitrogens with zero attached hydrogens (tertiary/aromatic N) is 1. The molecule has 9 heteroatoms. The summed E-state index contributed by atoms with van der Waals surface area (Å²) in [7, 11) is -3.93. The Morgan fingerprint density at radius 2 is 2.11 bits per heavy atom. The lowest BCUT2D eigenvalue weighted by molar-refractivity contribution is -0.387. The molecule has 8 nitrogen and oxygen atoms in total. The van der Waals surface area contributed by atoms with Gasteiger partial charge >= 0.3 is 0 Å². The molecule has 0 aliphatic heterocycles. The maximum atomic E-state index is 12.1. The zero-order valence-electron chi connectivity index (χ0n) is 10.6. The Kier molecular flexibility index (Phi) is 4.81. The number of hydrogen-bond acceptors (Lipinski definition) is 6. The second-order valence-corrected chi connectivity index (χ2v) is 5.70. The van der Waals surface area contributed by atoms with Crippen LogP contribution in [0.2, 0.25) is 0 Å². The van der Waals surface area contributed by atoms with E-state index in [0.717, 1.165) is 12.1 Å². The predicted molar refractivity (Wildman–Crippen MR) is 71.0 cm³/mol. The van der Waals surface area contributed by atoms with E-state index in [1.807, 2.05) is 6.92 Å². The molecule has 19 heavy (non-hydrogen) atoms. The van der Waals surface area contributed by atoms with Crippen LogP contribution in [0.25, 0.3) is 0 Å². The predicted octanol–water partition coefficient (Wildman–Crippen LogP) is 0.957. The third-order valence-corrected chi connectivity index (χ3v) is 4.22.